The minimum atomic E-state index is -0.240. The van der Waals surface area contributed by atoms with Gasteiger partial charge in [-0.1, -0.05) is 30.3 Å². The molecule has 0 unspecified atom stereocenters. The molecule has 0 N–H and O–H groups in total. The molecule has 2 heterocycles. The normalized spacial score (nSPS) is 15.2. The molecular weight excluding hydrogens is 436 g/mol. The van der Waals surface area contributed by atoms with Gasteiger partial charge in [0, 0.05) is 32.7 Å². The summed E-state index contributed by atoms with van der Waals surface area (Å²) in [7, 11) is 0. The first-order chi connectivity index (χ1) is 14.0. The van der Waals surface area contributed by atoms with Gasteiger partial charge in [0.15, 0.2) is 0 Å². The smallest absolute Gasteiger partial charge is 0.320 e. The molecule has 0 radical (unpaired) electrons. The fraction of sp³-hybridized carbons (Fsp3) is 0.476. The summed E-state index contributed by atoms with van der Waals surface area (Å²) >= 11 is 3.51. The molecule has 8 heteroatoms. The predicted molar refractivity (Wildman–Crippen MR) is 114 cm³/mol. The van der Waals surface area contributed by atoms with Gasteiger partial charge in [0.2, 0.25) is 0 Å². The third-order valence-corrected chi connectivity index (χ3v) is 5.98. The highest BCUT2D eigenvalue weighted by atomic mass is 79.9. The molecule has 156 valence electrons. The molecule has 1 amide bonds. The van der Waals surface area contributed by atoms with Crippen molar-refractivity contribution < 1.29 is 14.3 Å². The van der Waals surface area contributed by atoms with Crippen LogP contribution in [0.1, 0.15) is 35.1 Å². The highest BCUT2D eigenvalue weighted by Crippen LogP contribution is 2.23. The maximum absolute atomic E-state index is 13.1. The molecular formula is C21H27BrN4O3. The van der Waals surface area contributed by atoms with Gasteiger partial charge in [0.25, 0.3) is 5.91 Å². The van der Waals surface area contributed by atoms with Crippen molar-refractivity contribution in [2.45, 2.75) is 33.4 Å². The van der Waals surface area contributed by atoms with Crippen LogP contribution in [0, 0.1) is 6.92 Å². The van der Waals surface area contributed by atoms with Crippen LogP contribution in [0.3, 0.4) is 0 Å². The van der Waals surface area contributed by atoms with Crippen molar-refractivity contribution in [3.05, 3.63) is 51.8 Å². The van der Waals surface area contributed by atoms with Gasteiger partial charge >= 0.3 is 5.97 Å². The highest BCUT2D eigenvalue weighted by molar-refractivity contribution is 9.10. The van der Waals surface area contributed by atoms with Crippen LogP contribution in [-0.2, 0) is 22.7 Å². The Kier molecular flexibility index (Phi) is 7.44. The molecule has 7 nitrogen and oxygen atoms in total. The first kappa shape index (κ1) is 21.5. The molecule has 1 aliphatic heterocycles. The Morgan fingerprint density at radius 2 is 1.90 bits per heavy atom. The standard InChI is InChI=1S/C21H27BrN4O3/c1-3-26-20(19(22)16(2)23-26)21(28)25-11-7-10-24(12-13-25)14-18(27)29-15-17-8-5-4-6-9-17/h4-6,8-9H,3,7,10-15H2,1-2H3. The minimum absolute atomic E-state index is 0.0205. The van der Waals surface area contributed by atoms with Crippen LogP contribution in [-0.4, -0.2) is 64.2 Å². The molecule has 1 aromatic heterocycles. The number of carbonyl (C=O) groups is 2. The molecule has 1 saturated heterocycles. The largest absolute Gasteiger partial charge is 0.460 e. The lowest BCUT2D eigenvalue weighted by molar-refractivity contribution is -0.146. The maximum Gasteiger partial charge on any atom is 0.320 e. The average molecular weight is 463 g/mol. The number of hydrogen-bond acceptors (Lipinski definition) is 5. The minimum Gasteiger partial charge on any atom is -0.460 e. The third-order valence-electron chi connectivity index (χ3n) is 5.03. The zero-order valence-electron chi connectivity index (χ0n) is 16.9. The van der Waals surface area contributed by atoms with Gasteiger partial charge < -0.3 is 9.64 Å². The van der Waals surface area contributed by atoms with Crippen LogP contribution in [0.2, 0.25) is 0 Å². The van der Waals surface area contributed by atoms with Crippen molar-refractivity contribution in [3.63, 3.8) is 0 Å². The van der Waals surface area contributed by atoms with E-state index < -0.39 is 0 Å². The fourth-order valence-corrected chi connectivity index (χ4v) is 3.89. The van der Waals surface area contributed by atoms with Crippen LogP contribution in [0.25, 0.3) is 0 Å². The molecule has 29 heavy (non-hydrogen) atoms. The summed E-state index contributed by atoms with van der Waals surface area (Å²) in [6.45, 7) is 7.66. The van der Waals surface area contributed by atoms with Gasteiger partial charge in [-0.15, -0.1) is 0 Å². The second kappa shape index (κ2) is 10.0. The molecule has 1 aromatic carbocycles. The Hall–Kier alpha value is -2.19. The van der Waals surface area contributed by atoms with Gasteiger partial charge in [0.05, 0.1) is 16.7 Å². The van der Waals surface area contributed by atoms with E-state index in [0.717, 1.165) is 28.7 Å². The van der Waals surface area contributed by atoms with E-state index in [1.54, 1.807) is 4.68 Å². The summed E-state index contributed by atoms with van der Waals surface area (Å²) in [5, 5.41) is 4.42. The topological polar surface area (TPSA) is 67.7 Å². The molecule has 0 spiro atoms. The Morgan fingerprint density at radius 1 is 1.14 bits per heavy atom. The molecule has 0 atom stereocenters. The monoisotopic (exact) mass is 462 g/mol. The Morgan fingerprint density at radius 3 is 2.62 bits per heavy atom. The number of halogens is 1. The number of carbonyl (C=O) groups excluding carboxylic acids is 2. The quantitative estimate of drug-likeness (QED) is 0.617. The summed E-state index contributed by atoms with van der Waals surface area (Å²) in [6.07, 6.45) is 0.814. The van der Waals surface area contributed by atoms with E-state index in [2.05, 4.69) is 25.9 Å². The fourth-order valence-electron chi connectivity index (χ4n) is 3.44. The van der Waals surface area contributed by atoms with E-state index in [0.29, 0.717) is 31.9 Å². The van der Waals surface area contributed by atoms with Gasteiger partial charge in [-0.3, -0.25) is 19.2 Å². The lowest BCUT2D eigenvalue weighted by Crippen LogP contribution is -2.38. The van der Waals surface area contributed by atoms with Crippen LogP contribution in [0.15, 0.2) is 34.8 Å². The van der Waals surface area contributed by atoms with Crippen LogP contribution < -0.4 is 0 Å². The molecule has 3 rings (SSSR count). The lowest BCUT2D eigenvalue weighted by Gasteiger charge is -2.22. The van der Waals surface area contributed by atoms with Crippen molar-refractivity contribution in [3.8, 4) is 0 Å². The van der Waals surface area contributed by atoms with Gasteiger partial charge in [-0.05, 0) is 41.8 Å². The molecule has 2 aromatic rings. The summed E-state index contributed by atoms with van der Waals surface area (Å²) in [5.74, 6) is -0.260. The summed E-state index contributed by atoms with van der Waals surface area (Å²) in [6, 6.07) is 9.65. The first-order valence-corrected chi connectivity index (χ1v) is 10.7. The lowest BCUT2D eigenvalue weighted by atomic mass is 10.2. The van der Waals surface area contributed by atoms with Gasteiger partial charge in [-0.2, -0.15) is 5.10 Å². The number of aryl methyl sites for hydroxylation is 2. The van der Waals surface area contributed by atoms with E-state index in [4.69, 9.17) is 4.74 Å². The molecule has 0 aliphatic carbocycles. The summed E-state index contributed by atoms with van der Waals surface area (Å²) < 4.78 is 7.89. The number of esters is 1. The van der Waals surface area contributed by atoms with E-state index in [1.165, 1.54) is 0 Å². The SMILES string of the molecule is CCn1nc(C)c(Br)c1C(=O)N1CCCN(CC(=O)OCc2ccccc2)CC1. The van der Waals surface area contributed by atoms with E-state index in [1.807, 2.05) is 49.1 Å². The zero-order chi connectivity index (χ0) is 20.8. The van der Waals surface area contributed by atoms with Crippen molar-refractivity contribution in [2.75, 3.05) is 32.7 Å². The molecule has 0 saturated carbocycles. The van der Waals surface area contributed by atoms with Crippen molar-refractivity contribution in [2.24, 2.45) is 0 Å². The van der Waals surface area contributed by atoms with Crippen molar-refractivity contribution in [1.82, 2.24) is 19.6 Å². The van der Waals surface area contributed by atoms with E-state index in [-0.39, 0.29) is 25.0 Å². The number of hydrogen-bond donors (Lipinski definition) is 0. The Bertz CT molecular complexity index is 853. The second-order valence-corrected chi connectivity index (χ2v) is 7.92. The van der Waals surface area contributed by atoms with Gasteiger partial charge in [-0.25, -0.2) is 0 Å². The number of amides is 1. The number of ether oxygens (including phenoxy) is 1. The zero-order valence-corrected chi connectivity index (χ0v) is 18.5. The van der Waals surface area contributed by atoms with Crippen molar-refractivity contribution in [1.29, 1.82) is 0 Å². The summed E-state index contributed by atoms with van der Waals surface area (Å²) in [4.78, 5) is 29.2. The predicted octanol–water partition coefficient (Wildman–Crippen LogP) is 2.87. The molecule has 1 aliphatic rings. The van der Waals surface area contributed by atoms with Crippen molar-refractivity contribution >= 4 is 27.8 Å². The number of rotatable bonds is 6. The molecule has 1 fully saturated rings. The summed E-state index contributed by atoms with van der Waals surface area (Å²) in [5.41, 5.74) is 2.38. The van der Waals surface area contributed by atoms with Crippen LogP contribution >= 0.6 is 15.9 Å². The van der Waals surface area contributed by atoms with Gasteiger partial charge in [0.1, 0.15) is 12.3 Å². The first-order valence-electron chi connectivity index (χ1n) is 9.93. The Labute approximate surface area is 179 Å². The number of benzene rings is 1. The van der Waals surface area contributed by atoms with E-state index >= 15 is 0 Å². The van der Waals surface area contributed by atoms with Crippen LogP contribution in [0.5, 0.6) is 0 Å². The van der Waals surface area contributed by atoms with Crippen LogP contribution in [0.4, 0.5) is 0 Å². The highest BCUT2D eigenvalue weighted by Gasteiger charge is 2.27. The third kappa shape index (κ3) is 5.45. The number of aromatic nitrogens is 2. The second-order valence-electron chi connectivity index (χ2n) is 7.13. The maximum atomic E-state index is 13.1. The molecule has 0 bridgehead atoms. The average Bonchev–Trinajstić information content (AvgIpc) is 2.88. The number of nitrogens with zero attached hydrogens (tertiary/aromatic N) is 4. The Balaban J connectivity index is 1.53. The van der Waals surface area contributed by atoms with E-state index in [9.17, 15) is 9.59 Å².